The molecular weight excluding hydrogens is 230 g/mol. The summed E-state index contributed by atoms with van der Waals surface area (Å²) in [6, 6.07) is 1.04. The Balaban J connectivity index is 2.27. The Labute approximate surface area is 97.2 Å². The molecule has 0 bridgehead atoms. The maximum absolute atomic E-state index is 13.4. The molecule has 1 fully saturated rings. The molecule has 0 N–H and O–H groups in total. The predicted molar refractivity (Wildman–Crippen MR) is 55.5 cm³/mol. The van der Waals surface area contributed by atoms with Crippen LogP contribution in [0, 0.1) is 11.8 Å². The second-order valence-corrected chi connectivity index (χ2v) is 3.89. The number of amides is 1. The molecule has 6 heteroatoms. The molecule has 0 saturated carbocycles. The monoisotopic (exact) mass is 242 g/mol. The fraction of sp³-hybridized carbons (Fsp3) is 0.455. The van der Waals surface area contributed by atoms with Crippen LogP contribution in [-0.4, -0.2) is 41.6 Å². The zero-order valence-electron chi connectivity index (χ0n) is 9.32. The third-order valence-corrected chi connectivity index (χ3v) is 2.71. The summed E-state index contributed by atoms with van der Waals surface area (Å²) in [5, 5.41) is 0. The first-order valence-corrected chi connectivity index (χ1v) is 5.30. The van der Waals surface area contributed by atoms with E-state index in [1.54, 1.807) is 6.92 Å². The van der Waals surface area contributed by atoms with Crippen molar-refractivity contribution in [1.82, 2.24) is 9.88 Å². The lowest BCUT2D eigenvalue weighted by Crippen LogP contribution is -2.47. The Morgan fingerprint density at radius 1 is 1.59 bits per heavy atom. The van der Waals surface area contributed by atoms with Crippen molar-refractivity contribution >= 4 is 5.91 Å². The SMILES string of the molecule is C[C@@H]1COCCN1C(=O)c1ccnc(F)c1F. The number of halogens is 2. The molecule has 1 atom stereocenters. The molecule has 1 aliphatic rings. The van der Waals surface area contributed by atoms with Crippen LogP contribution >= 0.6 is 0 Å². The number of aromatic nitrogens is 1. The summed E-state index contributed by atoms with van der Waals surface area (Å²) in [4.78, 5) is 16.6. The van der Waals surface area contributed by atoms with Crippen LogP contribution in [0.5, 0.6) is 0 Å². The van der Waals surface area contributed by atoms with Crippen LogP contribution < -0.4 is 0 Å². The van der Waals surface area contributed by atoms with Gasteiger partial charge >= 0.3 is 0 Å². The number of morpholine rings is 1. The smallest absolute Gasteiger partial charge is 0.257 e. The highest BCUT2D eigenvalue weighted by molar-refractivity contribution is 5.94. The highest BCUT2D eigenvalue weighted by Crippen LogP contribution is 2.15. The van der Waals surface area contributed by atoms with Crippen LogP contribution in [0.15, 0.2) is 12.3 Å². The van der Waals surface area contributed by atoms with Crippen LogP contribution in [-0.2, 0) is 4.74 Å². The minimum atomic E-state index is -1.25. The van der Waals surface area contributed by atoms with Gasteiger partial charge in [0.05, 0.1) is 24.8 Å². The molecule has 0 spiro atoms. The minimum Gasteiger partial charge on any atom is -0.377 e. The van der Waals surface area contributed by atoms with Crippen molar-refractivity contribution in [3.05, 3.63) is 29.6 Å². The van der Waals surface area contributed by atoms with E-state index in [1.165, 1.54) is 11.0 Å². The van der Waals surface area contributed by atoms with E-state index in [4.69, 9.17) is 4.74 Å². The summed E-state index contributed by atoms with van der Waals surface area (Å²) < 4.78 is 31.5. The van der Waals surface area contributed by atoms with Crippen molar-refractivity contribution in [2.75, 3.05) is 19.8 Å². The Morgan fingerprint density at radius 2 is 2.35 bits per heavy atom. The van der Waals surface area contributed by atoms with E-state index in [1.807, 2.05) is 0 Å². The zero-order valence-corrected chi connectivity index (χ0v) is 9.32. The number of nitrogens with zero attached hydrogens (tertiary/aromatic N) is 2. The van der Waals surface area contributed by atoms with Crippen molar-refractivity contribution in [1.29, 1.82) is 0 Å². The fourth-order valence-electron chi connectivity index (χ4n) is 1.77. The Bertz CT molecular complexity index is 439. The number of hydrogen-bond donors (Lipinski definition) is 0. The summed E-state index contributed by atoms with van der Waals surface area (Å²) in [5.74, 6) is -2.98. The first kappa shape index (κ1) is 11.9. The lowest BCUT2D eigenvalue weighted by Gasteiger charge is -2.33. The number of carbonyl (C=O) groups excluding carboxylic acids is 1. The van der Waals surface area contributed by atoms with E-state index < -0.39 is 17.7 Å². The summed E-state index contributed by atoms with van der Waals surface area (Å²) >= 11 is 0. The Kier molecular flexibility index (Phi) is 3.33. The minimum absolute atomic E-state index is 0.146. The molecule has 92 valence electrons. The highest BCUT2D eigenvalue weighted by Gasteiger charge is 2.27. The number of hydrogen-bond acceptors (Lipinski definition) is 3. The van der Waals surface area contributed by atoms with E-state index in [-0.39, 0.29) is 11.6 Å². The van der Waals surface area contributed by atoms with Gasteiger partial charge in [0.1, 0.15) is 0 Å². The van der Waals surface area contributed by atoms with Crippen molar-refractivity contribution in [2.45, 2.75) is 13.0 Å². The molecule has 0 unspecified atom stereocenters. The van der Waals surface area contributed by atoms with Crippen molar-refractivity contribution in [2.24, 2.45) is 0 Å². The maximum atomic E-state index is 13.4. The molecule has 1 saturated heterocycles. The van der Waals surface area contributed by atoms with Gasteiger partial charge in [0.2, 0.25) is 5.95 Å². The molecule has 1 aromatic heterocycles. The topological polar surface area (TPSA) is 42.4 Å². The van der Waals surface area contributed by atoms with Gasteiger partial charge in [-0.25, -0.2) is 9.37 Å². The van der Waals surface area contributed by atoms with E-state index in [0.717, 1.165) is 6.20 Å². The molecule has 1 aliphatic heterocycles. The first-order chi connectivity index (χ1) is 8.11. The van der Waals surface area contributed by atoms with Gasteiger partial charge in [-0.2, -0.15) is 4.39 Å². The summed E-state index contributed by atoms with van der Waals surface area (Å²) in [6.45, 7) is 2.99. The highest BCUT2D eigenvalue weighted by atomic mass is 19.2. The molecule has 0 aromatic carbocycles. The molecule has 2 heterocycles. The molecule has 17 heavy (non-hydrogen) atoms. The van der Waals surface area contributed by atoms with Gasteiger partial charge in [0.15, 0.2) is 5.82 Å². The molecule has 1 aromatic rings. The molecule has 1 amide bonds. The first-order valence-electron chi connectivity index (χ1n) is 5.30. The average Bonchev–Trinajstić information content (AvgIpc) is 2.32. The van der Waals surface area contributed by atoms with Crippen LogP contribution in [0.4, 0.5) is 8.78 Å². The number of ether oxygens (including phenoxy) is 1. The summed E-state index contributed by atoms with van der Waals surface area (Å²) in [7, 11) is 0. The van der Waals surface area contributed by atoms with Crippen LogP contribution in [0.25, 0.3) is 0 Å². The maximum Gasteiger partial charge on any atom is 0.257 e. The third-order valence-electron chi connectivity index (χ3n) is 2.71. The average molecular weight is 242 g/mol. The molecule has 0 radical (unpaired) electrons. The van der Waals surface area contributed by atoms with E-state index in [9.17, 15) is 13.6 Å². The van der Waals surface area contributed by atoms with Crippen molar-refractivity contribution in [3.63, 3.8) is 0 Å². The van der Waals surface area contributed by atoms with Crippen molar-refractivity contribution in [3.8, 4) is 0 Å². The largest absolute Gasteiger partial charge is 0.377 e. The summed E-state index contributed by atoms with van der Waals surface area (Å²) in [5.41, 5.74) is -0.286. The van der Waals surface area contributed by atoms with E-state index in [0.29, 0.717) is 19.8 Å². The van der Waals surface area contributed by atoms with Gasteiger partial charge < -0.3 is 9.64 Å². The predicted octanol–water partition coefficient (Wildman–Crippen LogP) is 1.22. The normalized spacial score (nSPS) is 20.4. The lowest BCUT2D eigenvalue weighted by molar-refractivity contribution is 0.00328. The van der Waals surface area contributed by atoms with Gasteiger partial charge in [-0.05, 0) is 13.0 Å². The molecule has 2 rings (SSSR count). The quantitative estimate of drug-likeness (QED) is 0.695. The van der Waals surface area contributed by atoms with Crippen molar-refractivity contribution < 1.29 is 18.3 Å². The summed E-state index contributed by atoms with van der Waals surface area (Å²) in [6.07, 6.45) is 1.08. The number of carbonyl (C=O) groups is 1. The van der Waals surface area contributed by atoms with Gasteiger partial charge in [-0.1, -0.05) is 0 Å². The van der Waals surface area contributed by atoms with Gasteiger partial charge in [-0.15, -0.1) is 0 Å². The van der Waals surface area contributed by atoms with Crippen LogP contribution in [0.3, 0.4) is 0 Å². The Morgan fingerprint density at radius 3 is 3.06 bits per heavy atom. The van der Waals surface area contributed by atoms with E-state index >= 15 is 0 Å². The van der Waals surface area contributed by atoms with Crippen LogP contribution in [0.1, 0.15) is 17.3 Å². The standard InChI is InChI=1S/C11H12F2N2O2/c1-7-6-17-5-4-15(7)11(16)8-2-3-14-10(13)9(8)12/h2-3,7H,4-6H2,1H3/t7-/m1/s1. The third kappa shape index (κ3) is 2.26. The van der Waals surface area contributed by atoms with E-state index in [2.05, 4.69) is 4.98 Å². The second-order valence-electron chi connectivity index (χ2n) is 3.89. The zero-order chi connectivity index (χ0) is 12.4. The fourth-order valence-corrected chi connectivity index (χ4v) is 1.77. The molecule has 0 aliphatic carbocycles. The van der Waals surface area contributed by atoms with Gasteiger partial charge in [0.25, 0.3) is 5.91 Å². The molecular formula is C11H12F2N2O2. The lowest BCUT2D eigenvalue weighted by atomic mass is 10.1. The number of rotatable bonds is 1. The van der Waals surface area contributed by atoms with Gasteiger partial charge in [0, 0.05) is 12.7 Å². The molecule has 4 nitrogen and oxygen atoms in total. The number of pyridine rings is 1. The Hall–Kier alpha value is -1.56. The van der Waals surface area contributed by atoms with Gasteiger partial charge in [-0.3, -0.25) is 4.79 Å². The second kappa shape index (κ2) is 4.75. The van der Waals surface area contributed by atoms with Crippen LogP contribution in [0.2, 0.25) is 0 Å².